The molecule has 28 heavy (non-hydrogen) atoms. The van der Waals surface area contributed by atoms with Gasteiger partial charge in [-0.25, -0.2) is 0 Å². The minimum atomic E-state index is -0.597. The largest absolute Gasteiger partial charge is 0.497 e. The van der Waals surface area contributed by atoms with E-state index in [2.05, 4.69) is 13.8 Å². The number of benzene rings is 1. The fourth-order valence-corrected chi connectivity index (χ4v) is 4.23. The van der Waals surface area contributed by atoms with Crippen molar-refractivity contribution >= 4 is 17.5 Å². The molecule has 0 aromatic heterocycles. The molecule has 1 heterocycles. The van der Waals surface area contributed by atoms with Gasteiger partial charge in [-0.2, -0.15) is 0 Å². The van der Waals surface area contributed by atoms with Crippen LogP contribution in [0.4, 0.5) is 0 Å². The van der Waals surface area contributed by atoms with Crippen LogP contribution in [0.3, 0.4) is 0 Å². The van der Waals surface area contributed by atoms with Gasteiger partial charge in [-0.1, -0.05) is 26.0 Å². The number of ether oxygens (including phenoxy) is 2. The number of methoxy groups -OCH3 is 1. The number of rotatable bonds is 4. The van der Waals surface area contributed by atoms with Crippen molar-refractivity contribution in [1.82, 2.24) is 0 Å². The van der Waals surface area contributed by atoms with Gasteiger partial charge in [0.2, 0.25) is 0 Å². The number of carbonyl (C=O) groups is 2. The summed E-state index contributed by atoms with van der Waals surface area (Å²) in [4.78, 5) is 30.8. The number of hydrogen-bond acceptors (Lipinski definition) is 5. The Bertz CT molecular complexity index is 846. The van der Waals surface area contributed by atoms with Gasteiger partial charge in [0.1, 0.15) is 11.7 Å². The number of nitrogens with zero attached hydrogens (tertiary/aromatic N) is 1. The molecule has 0 amide bonds. The third-order valence-corrected chi connectivity index (χ3v) is 5.38. The number of esters is 1. The standard InChI is InChI=1S/C23H29NO4/c1-13(2)28-22(26)19-14(3)24-17-11-23(4,5)12-18(25)21(17)20(19)15-7-9-16(27-6)10-8-15/h7-10,13,19-20H,11-12H2,1-6H3/t19?,20-/m0/s1. The summed E-state index contributed by atoms with van der Waals surface area (Å²) >= 11 is 0. The topological polar surface area (TPSA) is 65.0 Å². The van der Waals surface area contributed by atoms with E-state index in [9.17, 15) is 9.59 Å². The molecular formula is C23H29NO4. The predicted octanol–water partition coefficient (Wildman–Crippen LogP) is 4.46. The van der Waals surface area contributed by atoms with E-state index >= 15 is 0 Å². The molecule has 3 rings (SSSR count). The number of carbonyl (C=O) groups excluding carboxylic acids is 2. The Balaban J connectivity index is 2.13. The van der Waals surface area contributed by atoms with Crippen molar-refractivity contribution in [2.75, 3.05) is 7.11 Å². The monoisotopic (exact) mass is 383 g/mol. The Hall–Kier alpha value is -2.43. The maximum absolute atomic E-state index is 13.1. The summed E-state index contributed by atoms with van der Waals surface area (Å²) in [5, 5.41) is 0. The van der Waals surface area contributed by atoms with Crippen LogP contribution in [-0.4, -0.2) is 30.7 Å². The van der Waals surface area contributed by atoms with E-state index in [0.717, 1.165) is 23.4 Å². The first kappa shape index (κ1) is 20.3. The average molecular weight is 383 g/mol. The van der Waals surface area contributed by atoms with Crippen LogP contribution in [0.1, 0.15) is 58.9 Å². The summed E-state index contributed by atoms with van der Waals surface area (Å²) in [5.41, 5.74) is 2.96. The second kappa shape index (κ2) is 7.53. The Labute approximate surface area is 166 Å². The Morgan fingerprint density at radius 3 is 2.39 bits per heavy atom. The Morgan fingerprint density at radius 2 is 1.82 bits per heavy atom. The highest BCUT2D eigenvalue weighted by molar-refractivity contribution is 6.09. The lowest BCUT2D eigenvalue weighted by Gasteiger charge is -2.39. The van der Waals surface area contributed by atoms with E-state index in [-0.39, 0.29) is 29.2 Å². The van der Waals surface area contributed by atoms with E-state index < -0.39 is 5.92 Å². The number of allylic oxidation sites excluding steroid dienone is 2. The quantitative estimate of drug-likeness (QED) is 0.720. The number of Topliss-reactive ketones (excluding diaryl/α,β-unsaturated/α-hetero) is 1. The van der Waals surface area contributed by atoms with Crippen LogP contribution in [0.15, 0.2) is 40.5 Å². The minimum Gasteiger partial charge on any atom is -0.497 e. The molecule has 5 nitrogen and oxygen atoms in total. The highest BCUT2D eigenvalue weighted by Gasteiger charge is 2.46. The lowest BCUT2D eigenvalue weighted by atomic mass is 9.67. The molecule has 1 aromatic carbocycles. The summed E-state index contributed by atoms with van der Waals surface area (Å²) in [7, 11) is 1.61. The first-order valence-electron chi connectivity index (χ1n) is 9.79. The second-order valence-corrected chi connectivity index (χ2v) is 8.77. The van der Waals surface area contributed by atoms with Crippen molar-refractivity contribution in [2.45, 2.75) is 59.5 Å². The van der Waals surface area contributed by atoms with Crippen LogP contribution in [0.25, 0.3) is 0 Å². The molecule has 0 N–H and O–H groups in total. The molecule has 1 unspecified atom stereocenters. The van der Waals surface area contributed by atoms with Crippen molar-refractivity contribution in [3.05, 3.63) is 41.1 Å². The minimum absolute atomic E-state index is 0.0747. The van der Waals surface area contributed by atoms with Crippen molar-refractivity contribution < 1.29 is 19.1 Å². The van der Waals surface area contributed by atoms with Crippen LogP contribution in [-0.2, 0) is 14.3 Å². The maximum atomic E-state index is 13.1. The highest BCUT2D eigenvalue weighted by Crippen LogP contribution is 2.48. The molecule has 1 aliphatic carbocycles. The zero-order valence-electron chi connectivity index (χ0n) is 17.5. The van der Waals surface area contributed by atoms with E-state index in [0.29, 0.717) is 17.7 Å². The second-order valence-electron chi connectivity index (χ2n) is 8.77. The van der Waals surface area contributed by atoms with Crippen molar-refractivity contribution in [2.24, 2.45) is 16.3 Å². The van der Waals surface area contributed by atoms with Crippen LogP contribution >= 0.6 is 0 Å². The van der Waals surface area contributed by atoms with Crippen molar-refractivity contribution in [1.29, 1.82) is 0 Å². The van der Waals surface area contributed by atoms with Gasteiger partial charge >= 0.3 is 5.97 Å². The van der Waals surface area contributed by atoms with Gasteiger partial charge in [0.25, 0.3) is 0 Å². The lowest BCUT2D eigenvalue weighted by molar-refractivity contribution is -0.150. The molecular weight excluding hydrogens is 354 g/mol. The summed E-state index contributed by atoms with van der Waals surface area (Å²) in [6, 6.07) is 7.57. The molecule has 2 atom stereocenters. The molecule has 1 aromatic rings. The lowest BCUT2D eigenvalue weighted by Crippen LogP contribution is -2.40. The molecule has 0 saturated carbocycles. The SMILES string of the molecule is COc1ccc([C@@H]2C3=C(CC(C)(C)CC3=O)N=C(C)C2C(=O)OC(C)C)cc1. The van der Waals surface area contributed by atoms with Gasteiger partial charge in [0, 0.05) is 29.3 Å². The number of hydrogen-bond donors (Lipinski definition) is 0. The van der Waals surface area contributed by atoms with E-state index in [1.54, 1.807) is 7.11 Å². The number of ketones is 1. The van der Waals surface area contributed by atoms with Gasteiger partial charge in [0.05, 0.1) is 13.2 Å². The Kier molecular flexibility index (Phi) is 5.46. The molecule has 1 aliphatic heterocycles. The predicted molar refractivity (Wildman–Crippen MR) is 109 cm³/mol. The molecule has 2 aliphatic rings. The third kappa shape index (κ3) is 3.89. The van der Waals surface area contributed by atoms with Gasteiger partial charge in [0.15, 0.2) is 5.78 Å². The summed E-state index contributed by atoms with van der Waals surface area (Å²) in [5.74, 6) is -0.503. The molecule has 0 radical (unpaired) electrons. The fourth-order valence-electron chi connectivity index (χ4n) is 4.23. The van der Waals surface area contributed by atoms with Gasteiger partial charge in [-0.3, -0.25) is 14.6 Å². The van der Waals surface area contributed by atoms with Crippen LogP contribution in [0.2, 0.25) is 0 Å². The fraction of sp³-hybridized carbons (Fsp3) is 0.522. The van der Waals surface area contributed by atoms with Gasteiger partial charge in [-0.15, -0.1) is 0 Å². The summed E-state index contributed by atoms with van der Waals surface area (Å²) in [6.45, 7) is 9.68. The van der Waals surface area contributed by atoms with Gasteiger partial charge in [-0.05, 0) is 50.3 Å². The average Bonchev–Trinajstić information content (AvgIpc) is 2.58. The molecule has 150 valence electrons. The molecule has 0 fully saturated rings. The molecule has 0 bridgehead atoms. The first-order chi connectivity index (χ1) is 13.1. The van der Waals surface area contributed by atoms with Crippen LogP contribution in [0, 0.1) is 11.3 Å². The summed E-state index contributed by atoms with van der Waals surface area (Å²) < 4.78 is 10.8. The van der Waals surface area contributed by atoms with Crippen LogP contribution in [0.5, 0.6) is 5.75 Å². The smallest absolute Gasteiger partial charge is 0.315 e. The van der Waals surface area contributed by atoms with Gasteiger partial charge < -0.3 is 9.47 Å². The number of aliphatic imine (C=N–C) groups is 1. The first-order valence-corrected chi connectivity index (χ1v) is 9.79. The third-order valence-electron chi connectivity index (χ3n) is 5.38. The van der Waals surface area contributed by atoms with E-state index in [4.69, 9.17) is 14.5 Å². The normalized spacial score (nSPS) is 24.0. The van der Waals surface area contributed by atoms with E-state index in [1.807, 2.05) is 45.0 Å². The zero-order valence-corrected chi connectivity index (χ0v) is 17.5. The van der Waals surface area contributed by atoms with Crippen LogP contribution < -0.4 is 4.74 Å². The van der Waals surface area contributed by atoms with Crippen molar-refractivity contribution in [3.63, 3.8) is 0 Å². The summed E-state index contributed by atoms with van der Waals surface area (Å²) in [6.07, 6.45) is 0.955. The maximum Gasteiger partial charge on any atom is 0.315 e. The highest BCUT2D eigenvalue weighted by atomic mass is 16.5. The zero-order chi connectivity index (χ0) is 20.6. The molecule has 0 saturated heterocycles. The van der Waals surface area contributed by atoms with E-state index in [1.165, 1.54) is 0 Å². The van der Waals surface area contributed by atoms with Crippen molar-refractivity contribution in [3.8, 4) is 5.75 Å². The molecule has 0 spiro atoms. The Morgan fingerprint density at radius 1 is 1.18 bits per heavy atom. The molecule has 5 heteroatoms.